The van der Waals surface area contributed by atoms with Crippen LogP contribution in [0.4, 0.5) is 24.7 Å². The van der Waals surface area contributed by atoms with Crippen molar-refractivity contribution in [2.75, 3.05) is 5.32 Å². The molecule has 1 aromatic carbocycles. The molecule has 0 radical (unpaired) electrons. The van der Waals surface area contributed by atoms with Gasteiger partial charge in [0.1, 0.15) is 10.6 Å². The minimum absolute atomic E-state index is 0.0584. The number of nitrogens with one attached hydrogen (secondary N) is 1. The number of thiophene rings is 1. The van der Waals surface area contributed by atoms with Crippen molar-refractivity contribution in [1.82, 2.24) is 9.97 Å². The maximum atomic E-state index is 12.8. The minimum atomic E-state index is -4.44. The van der Waals surface area contributed by atoms with Crippen molar-refractivity contribution in [3.8, 4) is 0 Å². The second-order valence-electron chi connectivity index (χ2n) is 4.74. The van der Waals surface area contributed by atoms with Crippen molar-refractivity contribution in [2.24, 2.45) is 0 Å². The molecule has 0 bridgehead atoms. The van der Waals surface area contributed by atoms with Gasteiger partial charge in [0, 0.05) is 5.69 Å². The molecular formula is C14H7Cl3F3N3S. The molecule has 2 aromatic heterocycles. The Hall–Kier alpha value is -1.28. The van der Waals surface area contributed by atoms with Crippen molar-refractivity contribution in [3.63, 3.8) is 0 Å². The number of alkyl halides is 6. The van der Waals surface area contributed by atoms with E-state index in [4.69, 9.17) is 34.8 Å². The summed E-state index contributed by atoms with van der Waals surface area (Å²) < 4.78 is 36.6. The van der Waals surface area contributed by atoms with Gasteiger partial charge in [0.15, 0.2) is 5.82 Å². The molecule has 0 saturated carbocycles. The van der Waals surface area contributed by atoms with E-state index < -0.39 is 15.5 Å². The SMILES string of the molecule is FC(F)(F)c1cccc(Nc2nc(C(Cl)(Cl)Cl)nc3sccc23)c1. The average Bonchev–Trinajstić information content (AvgIpc) is 2.94. The molecular weight excluding hydrogens is 406 g/mol. The molecule has 1 N–H and O–H groups in total. The van der Waals surface area contributed by atoms with E-state index in [2.05, 4.69) is 15.3 Å². The van der Waals surface area contributed by atoms with Gasteiger partial charge in [0.05, 0.1) is 10.9 Å². The van der Waals surface area contributed by atoms with Crippen LogP contribution in [0.3, 0.4) is 0 Å². The zero-order chi connectivity index (χ0) is 17.5. The minimum Gasteiger partial charge on any atom is -0.340 e. The Morgan fingerprint density at radius 2 is 1.79 bits per heavy atom. The smallest absolute Gasteiger partial charge is 0.340 e. The monoisotopic (exact) mass is 411 g/mol. The second kappa shape index (κ2) is 6.22. The Labute approximate surface area is 153 Å². The summed E-state index contributed by atoms with van der Waals surface area (Å²) in [7, 11) is 0. The Balaban J connectivity index is 2.05. The average molecular weight is 413 g/mol. The molecule has 0 atom stereocenters. The van der Waals surface area contributed by atoms with E-state index in [1.54, 1.807) is 11.4 Å². The largest absolute Gasteiger partial charge is 0.416 e. The third-order valence-electron chi connectivity index (χ3n) is 3.03. The normalized spacial score (nSPS) is 12.6. The summed E-state index contributed by atoms with van der Waals surface area (Å²) >= 11 is 18.8. The Morgan fingerprint density at radius 1 is 1.04 bits per heavy atom. The molecule has 0 spiro atoms. The number of benzene rings is 1. The van der Waals surface area contributed by atoms with Crippen molar-refractivity contribution in [3.05, 3.63) is 47.1 Å². The van der Waals surface area contributed by atoms with Crippen LogP contribution in [0.15, 0.2) is 35.7 Å². The molecule has 0 aliphatic carbocycles. The standard InChI is InChI=1S/C14H7Cl3F3N3S/c15-13(16,17)12-22-10(9-4-5-24-11(9)23-12)21-8-3-1-2-7(6-8)14(18,19)20/h1-6H,(H,21,22,23). The number of halogens is 6. The lowest BCUT2D eigenvalue weighted by Crippen LogP contribution is -2.09. The molecule has 0 saturated heterocycles. The topological polar surface area (TPSA) is 37.8 Å². The maximum absolute atomic E-state index is 12.8. The van der Waals surface area contributed by atoms with Gasteiger partial charge in [-0.1, -0.05) is 40.9 Å². The first-order chi connectivity index (χ1) is 11.1. The summed E-state index contributed by atoms with van der Waals surface area (Å²) in [5.41, 5.74) is -0.559. The van der Waals surface area contributed by atoms with Crippen molar-refractivity contribution >= 4 is 67.9 Å². The number of fused-ring (bicyclic) bond motifs is 1. The summed E-state index contributed by atoms with van der Waals surface area (Å²) in [5, 5.41) is 5.22. The third-order valence-corrected chi connectivity index (χ3v) is 4.34. The van der Waals surface area contributed by atoms with Gasteiger partial charge in [0.2, 0.25) is 3.79 Å². The second-order valence-corrected chi connectivity index (χ2v) is 7.91. The van der Waals surface area contributed by atoms with Crippen molar-refractivity contribution in [2.45, 2.75) is 9.97 Å². The molecule has 3 nitrogen and oxygen atoms in total. The quantitative estimate of drug-likeness (QED) is 0.503. The molecule has 0 unspecified atom stereocenters. The highest BCUT2D eigenvalue weighted by Gasteiger charge is 2.31. The van der Waals surface area contributed by atoms with Crippen LogP contribution in [0.5, 0.6) is 0 Å². The highest BCUT2D eigenvalue weighted by molar-refractivity contribution is 7.16. The van der Waals surface area contributed by atoms with Crippen LogP contribution in [0.1, 0.15) is 11.4 Å². The zero-order valence-electron chi connectivity index (χ0n) is 11.5. The van der Waals surface area contributed by atoms with Gasteiger partial charge < -0.3 is 5.32 Å². The molecule has 3 rings (SSSR count). The van der Waals surface area contributed by atoms with Gasteiger partial charge in [-0.3, -0.25) is 0 Å². The Morgan fingerprint density at radius 3 is 2.46 bits per heavy atom. The van der Waals surface area contributed by atoms with Crippen LogP contribution in [0.25, 0.3) is 10.2 Å². The summed E-state index contributed by atoms with van der Waals surface area (Å²) in [6.45, 7) is 0. The zero-order valence-corrected chi connectivity index (χ0v) is 14.6. The van der Waals surface area contributed by atoms with E-state index in [-0.39, 0.29) is 17.3 Å². The number of anilines is 2. The first kappa shape index (κ1) is 17.5. The fourth-order valence-corrected chi connectivity index (χ4v) is 3.00. The highest BCUT2D eigenvalue weighted by atomic mass is 35.6. The lowest BCUT2D eigenvalue weighted by molar-refractivity contribution is -0.137. The molecule has 10 heteroatoms. The summed E-state index contributed by atoms with van der Waals surface area (Å²) in [6, 6.07) is 6.49. The first-order valence-corrected chi connectivity index (χ1v) is 8.43. The summed E-state index contributed by atoms with van der Waals surface area (Å²) in [6.07, 6.45) is -4.44. The van der Waals surface area contributed by atoms with E-state index in [0.717, 1.165) is 12.1 Å². The lowest BCUT2D eigenvalue weighted by atomic mass is 10.2. The predicted octanol–water partition coefficient (Wildman–Crippen LogP) is 6.28. The van der Waals surface area contributed by atoms with Crippen molar-refractivity contribution < 1.29 is 13.2 Å². The summed E-state index contributed by atoms with van der Waals surface area (Å²) in [4.78, 5) is 8.85. The number of hydrogen-bond donors (Lipinski definition) is 1. The van der Waals surface area contributed by atoms with E-state index in [1.807, 2.05) is 0 Å². The molecule has 0 amide bonds. The van der Waals surface area contributed by atoms with Gasteiger partial charge in [-0.25, -0.2) is 9.97 Å². The van der Waals surface area contributed by atoms with Crippen LogP contribution >= 0.6 is 46.1 Å². The van der Waals surface area contributed by atoms with Crippen molar-refractivity contribution in [1.29, 1.82) is 0 Å². The van der Waals surface area contributed by atoms with E-state index >= 15 is 0 Å². The van der Waals surface area contributed by atoms with E-state index in [1.165, 1.54) is 23.5 Å². The number of hydrogen-bond acceptors (Lipinski definition) is 4. The number of rotatable bonds is 2. The lowest BCUT2D eigenvalue weighted by Gasteiger charge is -2.14. The van der Waals surface area contributed by atoms with Gasteiger partial charge in [-0.05, 0) is 29.6 Å². The number of nitrogens with zero attached hydrogens (tertiary/aromatic N) is 2. The Kier molecular flexibility index (Phi) is 4.55. The van der Waals surface area contributed by atoms with Gasteiger partial charge in [-0.15, -0.1) is 11.3 Å². The van der Waals surface area contributed by atoms with Gasteiger partial charge >= 0.3 is 6.18 Å². The first-order valence-electron chi connectivity index (χ1n) is 6.41. The molecule has 3 aromatic rings. The Bertz CT molecular complexity index is 890. The van der Waals surface area contributed by atoms with Crippen LogP contribution in [0.2, 0.25) is 0 Å². The van der Waals surface area contributed by atoms with E-state index in [9.17, 15) is 13.2 Å². The third kappa shape index (κ3) is 3.69. The predicted molar refractivity (Wildman–Crippen MR) is 91.4 cm³/mol. The molecule has 2 heterocycles. The molecule has 24 heavy (non-hydrogen) atoms. The van der Waals surface area contributed by atoms with Crippen LogP contribution in [0, 0.1) is 0 Å². The fourth-order valence-electron chi connectivity index (χ4n) is 1.99. The summed E-state index contributed by atoms with van der Waals surface area (Å²) in [5.74, 6) is 0.207. The van der Waals surface area contributed by atoms with E-state index in [0.29, 0.717) is 10.2 Å². The molecule has 0 fully saturated rings. The number of aromatic nitrogens is 2. The molecule has 0 aliphatic rings. The van der Waals surface area contributed by atoms with Gasteiger partial charge in [-0.2, -0.15) is 13.2 Å². The molecule has 126 valence electrons. The maximum Gasteiger partial charge on any atom is 0.416 e. The highest BCUT2D eigenvalue weighted by Crippen LogP contribution is 2.39. The molecule has 0 aliphatic heterocycles. The van der Waals surface area contributed by atoms with Gasteiger partial charge in [0.25, 0.3) is 0 Å². The van der Waals surface area contributed by atoms with Crippen LogP contribution in [-0.4, -0.2) is 9.97 Å². The fraction of sp³-hybridized carbons (Fsp3) is 0.143. The van der Waals surface area contributed by atoms with Crippen LogP contribution < -0.4 is 5.32 Å². The van der Waals surface area contributed by atoms with Crippen LogP contribution in [-0.2, 0) is 9.97 Å².